The van der Waals surface area contributed by atoms with Crippen LogP contribution in [0.2, 0.25) is 0 Å². The van der Waals surface area contributed by atoms with Gasteiger partial charge in [-0.2, -0.15) is 0 Å². The van der Waals surface area contributed by atoms with E-state index in [0.29, 0.717) is 12.1 Å². The molecule has 1 saturated heterocycles. The predicted octanol–water partition coefficient (Wildman–Crippen LogP) is 3.79. The van der Waals surface area contributed by atoms with E-state index in [0.717, 1.165) is 15.6 Å². The molecule has 3 rings (SSSR count). The molecule has 0 bridgehead atoms. The Morgan fingerprint density at radius 2 is 1.68 bits per heavy atom. The number of benzene rings is 2. The number of hydrogen-bond acceptors (Lipinski definition) is 2. The first kappa shape index (κ1) is 14.7. The maximum Gasteiger partial charge on any atom is 0.257 e. The molecule has 0 unspecified atom stereocenters. The number of hydrogen-bond donors (Lipinski definition) is 0. The molecule has 4 heteroatoms. The zero-order chi connectivity index (χ0) is 15.5. The van der Waals surface area contributed by atoms with Gasteiger partial charge in [-0.1, -0.05) is 58.4 Å². The number of rotatable bonds is 3. The van der Waals surface area contributed by atoms with Gasteiger partial charge in [-0.05, 0) is 29.3 Å². The second-order valence-electron chi connectivity index (χ2n) is 5.17. The standard InChI is InChI=1S/C18H14BrNO2/c19-16-8-6-13(7-9-16)10-15-11-17(21)20(18(15)22)12-14-4-2-1-3-5-14/h1-10H,11-12H2/b15-10-. The largest absolute Gasteiger partial charge is 0.274 e. The first-order chi connectivity index (χ1) is 10.6. The average Bonchev–Trinajstić information content (AvgIpc) is 2.78. The molecule has 0 aromatic heterocycles. The summed E-state index contributed by atoms with van der Waals surface area (Å²) in [6.07, 6.45) is 1.96. The fourth-order valence-corrected chi connectivity index (χ4v) is 2.68. The van der Waals surface area contributed by atoms with Crippen LogP contribution < -0.4 is 0 Å². The summed E-state index contributed by atoms with van der Waals surface area (Å²) < 4.78 is 0.981. The van der Waals surface area contributed by atoms with E-state index >= 15 is 0 Å². The highest BCUT2D eigenvalue weighted by Crippen LogP contribution is 2.24. The van der Waals surface area contributed by atoms with Crippen molar-refractivity contribution < 1.29 is 9.59 Å². The van der Waals surface area contributed by atoms with Crippen molar-refractivity contribution in [2.75, 3.05) is 0 Å². The minimum Gasteiger partial charge on any atom is -0.274 e. The summed E-state index contributed by atoms with van der Waals surface area (Å²) in [7, 11) is 0. The highest BCUT2D eigenvalue weighted by atomic mass is 79.9. The highest BCUT2D eigenvalue weighted by molar-refractivity contribution is 9.10. The number of halogens is 1. The van der Waals surface area contributed by atoms with Crippen molar-refractivity contribution in [3.05, 3.63) is 75.8 Å². The van der Waals surface area contributed by atoms with Crippen LogP contribution in [0.5, 0.6) is 0 Å². The fourth-order valence-electron chi connectivity index (χ4n) is 2.42. The third-order valence-corrected chi connectivity index (χ3v) is 4.09. The third kappa shape index (κ3) is 3.17. The van der Waals surface area contributed by atoms with Crippen molar-refractivity contribution in [3.63, 3.8) is 0 Å². The Morgan fingerprint density at radius 1 is 1.00 bits per heavy atom. The highest BCUT2D eigenvalue weighted by Gasteiger charge is 2.33. The smallest absolute Gasteiger partial charge is 0.257 e. The zero-order valence-electron chi connectivity index (χ0n) is 11.8. The van der Waals surface area contributed by atoms with Gasteiger partial charge in [0, 0.05) is 10.0 Å². The monoisotopic (exact) mass is 355 g/mol. The van der Waals surface area contributed by atoms with Crippen molar-refractivity contribution in [1.82, 2.24) is 4.90 Å². The number of carbonyl (C=O) groups excluding carboxylic acids is 2. The van der Waals surface area contributed by atoms with E-state index in [4.69, 9.17) is 0 Å². The molecule has 0 saturated carbocycles. The summed E-state index contributed by atoms with van der Waals surface area (Å²) in [6.45, 7) is 0.330. The molecule has 2 aromatic rings. The Bertz CT molecular complexity index is 735. The molecule has 0 atom stereocenters. The van der Waals surface area contributed by atoms with E-state index in [1.54, 1.807) is 6.08 Å². The molecule has 2 amide bonds. The van der Waals surface area contributed by atoms with E-state index in [-0.39, 0.29) is 18.2 Å². The number of likely N-dealkylation sites (tertiary alicyclic amines) is 1. The van der Waals surface area contributed by atoms with E-state index in [1.807, 2.05) is 54.6 Å². The third-order valence-electron chi connectivity index (χ3n) is 3.56. The van der Waals surface area contributed by atoms with Gasteiger partial charge in [-0.3, -0.25) is 14.5 Å². The Hall–Kier alpha value is -2.20. The van der Waals surface area contributed by atoms with Crippen LogP contribution >= 0.6 is 15.9 Å². The van der Waals surface area contributed by atoms with Gasteiger partial charge < -0.3 is 0 Å². The van der Waals surface area contributed by atoms with Crippen LogP contribution in [-0.2, 0) is 16.1 Å². The molecule has 1 aliphatic rings. The molecular weight excluding hydrogens is 342 g/mol. The molecule has 0 spiro atoms. The van der Waals surface area contributed by atoms with Crippen LogP contribution in [0.4, 0.5) is 0 Å². The molecule has 0 aliphatic carbocycles. The summed E-state index contributed by atoms with van der Waals surface area (Å²) >= 11 is 3.38. The van der Waals surface area contributed by atoms with E-state index in [2.05, 4.69) is 15.9 Å². The topological polar surface area (TPSA) is 37.4 Å². The lowest BCUT2D eigenvalue weighted by Gasteiger charge is -2.13. The average molecular weight is 356 g/mol. The van der Waals surface area contributed by atoms with Gasteiger partial charge in [0.1, 0.15) is 0 Å². The summed E-state index contributed by atoms with van der Waals surface area (Å²) in [5.41, 5.74) is 2.42. The number of amides is 2. The quantitative estimate of drug-likeness (QED) is 0.620. The molecule has 110 valence electrons. The van der Waals surface area contributed by atoms with Crippen molar-refractivity contribution in [2.45, 2.75) is 13.0 Å². The molecule has 3 nitrogen and oxygen atoms in total. The Morgan fingerprint density at radius 3 is 2.36 bits per heavy atom. The van der Waals surface area contributed by atoms with Crippen LogP contribution in [0.1, 0.15) is 17.5 Å². The molecule has 1 aliphatic heterocycles. The minimum absolute atomic E-state index is 0.141. The van der Waals surface area contributed by atoms with E-state index in [1.165, 1.54) is 4.90 Å². The second-order valence-corrected chi connectivity index (χ2v) is 6.08. The fraction of sp³-hybridized carbons (Fsp3) is 0.111. The summed E-state index contributed by atoms with van der Waals surface area (Å²) in [5, 5.41) is 0. The van der Waals surface area contributed by atoms with Crippen molar-refractivity contribution >= 4 is 33.8 Å². The molecule has 1 heterocycles. The number of nitrogens with zero attached hydrogens (tertiary/aromatic N) is 1. The molecule has 1 fully saturated rings. The lowest BCUT2D eigenvalue weighted by atomic mass is 10.1. The second kappa shape index (κ2) is 6.28. The van der Waals surface area contributed by atoms with Crippen molar-refractivity contribution in [1.29, 1.82) is 0 Å². The zero-order valence-corrected chi connectivity index (χ0v) is 13.4. The molecule has 22 heavy (non-hydrogen) atoms. The number of carbonyl (C=O) groups is 2. The van der Waals surface area contributed by atoms with Gasteiger partial charge in [-0.15, -0.1) is 0 Å². The van der Waals surface area contributed by atoms with Crippen LogP contribution in [0, 0.1) is 0 Å². The lowest BCUT2D eigenvalue weighted by molar-refractivity contribution is -0.138. The maximum atomic E-state index is 12.4. The SMILES string of the molecule is O=C1C/C(=C/c2ccc(Br)cc2)C(=O)N1Cc1ccccc1. The minimum atomic E-state index is -0.197. The Kier molecular flexibility index (Phi) is 4.20. The van der Waals surface area contributed by atoms with Gasteiger partial charge in [0.25, 0.3) is 5.91 Å². The maximum absolute atomic E-state index is 12.4. The van der Waals surface area contributed by atoms with Gasteiger partial charge in [0.2, 0.25) is 5.91 Å². The van der Waals surface area contributed by atoms with Crippen molar-refractivity contribution in [3.8, 4) is 0 Å². The number of imide groups is 1. The molecule has 0 radical (unpaired) electrons. The van der Waals surface area contributed by atoms with E-state index in [9.17, 15) is 9.59 Å². The molecule has 2 aromatic carbocycles. The van der Waals surface area contributed by atoms with E-state index < -0.39 is 0 Å². The first-order valence-corrected chi connectivity index (χ1v) is 7.77. The van der Waals surface area contributed by atoms with Gasteiger partial charge in [-0.25, -0.2) is 0 Å². The van der Waals surface area contributed by atoms with Crippen molar-refractivity contribution in [2.24, 2.45) is 0 Å². The lowest BCUT2D eigenvalue weighted by Crippen LogP contribution is -2.28. The van der Waals surface area contributed by atoms with Gasteiger partial charge in [0.15, 0.2) is 0 Å². The van der Waals surface area contributed by atoms with Crippen LogP contribution in [0.25, 0.3) is 6.08 Å². The Balaban J connectivity index is 1.80. The summed E-state index contributed by atoms with van der Waals surface area (Å²) in [5.74, 6) is -0.339. The predicted molar refractivity (Wildman–Crippen MR) is 88.7 cm³/mol. The molecular formula is C18H14BrNO2. The van der Waals surface area contributed by atoms with Crippen LogP contribution in [0.3, 0.4) is 0 Å². The Labute approximate surface area is 137 Å². The summed E-state index contributed by atoms with van der Waals surface area (Å²) in [4.78, 5) is 25.8. The first-order valence-electron chi connectivity index (χ1n) is 6.98. The van der Waals surface area contributed by atoms with Gasteiger partial charge in [0.05, 0.1) is 13.0 Å². The summed E-state index contributed by atoms with van der Waals surface area (Å²) in [6, 6.07) is 17.2. The van der Waals surface area contributed by atoms with Crippen LogP contribution in [0.15, 0.2) is 64.6 Å². The van der Waals surface area contributed by atoms with Crippen LogP contribution in [-0.4, -0.2) is 16.7 Å². The van der Waals surface area contributed by atoms with Gasteiger partial charge >= 0.3 is 0 Å². The molecule has 0 N–H and O–H groups in total. The normalized spacial score (nSPS) is 16.6.